The Bertz CT molecular complexity index is 84.7. The third-order valence-electron chi connectivity index (χ3n) is 1.34. The molecule has 0 N–H and O–H groups in total. The number of allylic oxidation sites excluding steroid dienone is 1. The van der Waals surface area contributed by atoms with Crippen LogP contribution in [0, 0.1) is 11.3 Å². The second-order valence-corrected chi connectivity index (χ2v) is 3.98. The van der Waals surface area contributed by atoms with Gasteiger partial charge in [0.05, 0.1) is 0 Å². The molecule has 1 atom stereocenters. The minimum absolute atomic E-state index is 0.452. The van der Waals surface area contributed by atoms with Crippen molar-refractivity contribution in [2.24, 2.45) is 11.3 Å². The molecule has 0 rings (SSSR count). The summed E-state index contributed by atoms with van der Waals surface area (Å²) in [4.78, 5) is 0. The van der Waals surface area contributed by atoms with Gasteiger partial charge in [-0.2, -0.15) is 0 Å². The zero-order valence-electron chi connectivity index (χ0n) is 7.07. The molecule has 0 unspecified atom stereocenters. The number of hydrogen-bond acceptors (Lipinski definition) is 0. The first-order valence-corrected chi connectivity index (χ1v) is 3.58. The van der Waals surface area contributed by atoms with E-state index in [0.29, 0.717) is 11.3 Å². The molecule has 0 aliphatic carbocycles. The van der Waals surface area contributed by atoms with Crippen molar-refractivity contribution < 1.29 is 0 Å². The Morgan fingerprint density at radius 3 is 2.00 bits per heavy atom. The highest BCUT2D eigenvalue weighted by molar-refractivity contribution is 4.79. The van der Waals surface area contributed by atoms with E-state index in [1.54, 1.807) is 0 Å². The third kappa shape index (κ3) is 5.61. The maximum Gasteiger partial charge on any atom is -0.0260 e. The predicted octanol–water partition coefficient (Wildman–Crippen LogP) is 3.24. The largest absolute Gasteiger partial charge is 0.103 e. The Balaban J connectivity index is 3.59. The van der Waals surface area contributed by atoms with E-state index in [2.05, 4.69) is 34.3 Å². The zero-order valence-corrected chi connectivity index (χ0v) is 7.07. The van der Waals surface area contributed by atoms with Gasteiger partial charge in [-0.1, -0.05) is 33.8 Å². The summed E-state index contributed by atoms with van der Waals surface area (Å²) in [5.74, 6) is 0.657. The molecule has 0 saturated heterocycles. The van der Waals surface area contributed by atoms with Crippen LogP contribution in [-0.2, 0) is 0 Å². The first-order chi connectivity index (χ1) is 3.95. The molecule has 0 aliphatic heterocycles. The van der Waals surface area contributed by atoms with Crippen LogP contribution in [0.5, 0.6) is 0 Å². The van der Waals surface area contributed by atoms with E-state index in [-0.39, 0.29) is 0 Å². The van der Waals surface area contributed by atoms with Gasteiger partial charge >= 0.3 is 0 Å². The van der Waals surface area contributed by atoms with Gasteiger partial charge in [-0.3, -0.25) is 0 Å². The van der Waals surface area contributed by atoms with Crippen molar-refractivity contribution >= 4 is 0 Å². The molecule has 0 aromatic carbocycles. The SMILES string of the molecule is C=C[C@@H](C)CC(C)(C)C. The Morgan fingerprint density at radius 2 is 1.89 bits per heavy atom. The summed E-state index contributed by atoms with van der Waals surface area (Å²) >= 11 is 0. The van der Waals surface area contributed by atoms with Gasteiger partial charge < -0.3 is 0 Å². The Hall–Kier alpha value is -0.260. The van der Waals surface area contributed by atoms with Crippen molar-refractivity contribution in [3.8, 4) is 0 Å². The van der Waals surface area contributed by atoms with Crippen LogP contribution in [0.15, 0.2) is 12.7 Å². The second kappa shape index (κ2) is 3.05. The summed E-state index contributed by atoms with van der Waals surface area (Å²) in [6, 6.07) is 0. The third-order valence-corrected chi connectivity index (χ3v) is 1.34. The minimum atomic E-state index is 0.452. The van der Waals surface area contributed by atoms with Gasteiger partial charge in [-0.15, -0.1) is 6.58 Å². The monoisotopic (exact) mass is 126 g/mol. The first-order valence-electron chi connectivity index (χ1n) is 3.58. The summed E-state index contributed by atoms with van der Waals surface area (Å²) in [5.41, 5.74) is 0.452. The van der Waals surface area contributed by atoms with Crippen molar-refractivity contribution in [1.82, 2.24) is 0 Å². The van der Waals surface area contributed by atoms with E-state index in [4.69, 9.17) is 0 Å². The van der Waals surface area contributed by atoms with Gasteiger partial charge in [-0.25, -0.2) is 0 Å². The molecule has 0 aromatic heterocycles. The lowest BCUT2D eigenvalue weighted by Gasteiger charge is -2.20. The fraction of sp³-hybridized carbons (Fsp3) is 0.778. The molecular weight excluding hydrogens is 108 g/mol. The number of hydrogen-bond donors (Lipinski definition) is 0. The summed E-state index contributed by atoms with van der Waals surface area (Å²) < 4.78 is 0. The molecule has 0 nitrogen and oxygen atoms in total. The summed E-state index contributed by atoms with van der Waals surface area (Å²) in [7, 11) is 0. The van der Waals surface area contributed by atoms with Gasteiger partial charge in [0.15, 0.2) is 0 Å². The predicted molar refractivity (Wildman–Crippen MR) is 43.4 cm³/mol. The van der Waals surface area contributed by atoms with Gasteiger partial charge in [0.25, 0.3) is 0 Å². The highest BCUT2D eigenvalue weighted by Gasteiger charge is 2.12. The fourth-order valence-electron chi connectivity index (χ4n) is 1.05. The Kier molecular flexibility index (Phi) is 2.96. The van der Waals surface area contributed by atoms with Crippen molar-refractivity contribution in [3.05, 3.63) is 12.7 Å². The second-order valence-electron chi connectivity index (χ2n) is 3.98. The average molecular weight is 126 g/mol. The van der Waals surface area contributed by atoms with E-state index in [1.807, 2.05) is 6.08 Å². The Labute approximate surface area is 59.0 Å². The molecule has 0 spiro atoms. The van der Waals surface area contributed by atoms with E-state index in [9.17, 15) is 0 Å². The summed E-state index contributed by atoms with van der Waals surface area (Å²) in [6.45, 7) is 12.7. The van der Waals surface area contributed by atoms with Crippen molar-refractivity contribution in [3.63, 3.8) is 0 Å². The maximum absolute atomic E-state index is 3.74. The van der Waals surface area contributed by atoms with Crippen LogP contribution < -0.4 is 0 Å². The standard InChI is InChI=1S/C9H18/c1-6-8(2)7-9(3,4)5/h6,8H,1,7H2,2-5H3/t8-/m1/s1. The first kappa shape index (κ1) is 8.74. The quantitative estimate of drug-likeness (QED) is 0.498. The molecule has 0 heterocycles. The van der Waals surface area contributed by atoms with Crippen molar-refractivity contribution in [2.45, 2.75) is 34.1 Å². The molecule has 0 heteroatoms. The maximum atomic E-state index is 3.74. The molecule has 54 valence electrons. The molecule has 0 aliphatic rings. The molecular formula is C9H18. The van der Waals surface area contributed by atoms with Crippen LogP contribution in [0.25, 0.3) is 0 Å². The van der Waals surface area contributed by atoms with Gasteiger partial charge in [0, 0.05) is 0 Å². The average Bonchev–Trinajstić information content (AvgIpc) is 1.62. The lowest BCUT2D eigenvalue weighted by Crippen LogP contribution is -2.08. The summed E-state index contributed by atoms with van der Waals surface area (Å²) in [5, 5.41) is 0. The molecule has 9 heavy (non-hydrogen) atoms. The molecule has 0 bridgehead atoms. The molecule has 0 radical (unpaired) electrons. The highest BCUT2D eigenvalue weighted by Crippen LogP contribution is 2.24. The molecule has 0 saturated carbocycles. The fourth-order valence-corrected chi connectivity index (χ4v) is 1.05. The van der Waals surface area contributed by atoms with Gasteiger partial charge in [0.1, 0.15) is 0 Å². The van der Waals surface area contributed by atoms with Crippen LogP contribution in [0.4, 0.5) is 0 Å². The van der Waals surface area contributed by atoms with E-state index < -0.39 is 0 Å². The lowest BCUT2D eigenvalue weighted by molar-refractivity contribution is 0.337. The minimum Gasteiger partial charge on any atom is -0.103 e. The van der Waals surface area contributed by atoms with E-state index in [1.165, 1.54) is 6.42 Å². The normalized spacial score (nSPS) is 15.1. The van der Waals surface area contributed by atoms with Gasteiger partial charge in [-0.05, 0) is 17.8 Å². The van der Waals surface area contributed by atoms with Gasteiger partial charge in [0.2, 0.25) is 0 Å². The molecule has 0 fully saturated rings. The van der Waals surface area contributed by atoms with Crippen molar-refractivity contribution in [2.75, 3.05) is 0 Å². The van der Waals surface area contributed by atoms with E-state index in [0.717, 1.165) is 0 Å². The molecule has 0 aromatic rings. The highest BCUT2D eigenvalue weighted by atomic mass is 14.2. The Morgan fingerprint density at radius 1 is 1.44 bits per heavy atom. The van der Waals surface area contributed by atoms with Crippen LogP contribution in [0.2, 0.25) is 0 Å². The lowest BCUT2D eigenvalue weighted by atomic mass is 9.86. The van der Waals surface area contributed by atoms with E-state index >= 15 is 0 Å². The molecule has 0 amide bonds. The summed E-state index contributed by atoms with van der Waals surface area (Å²) in [6.07, 6.45) is 3.25. The zero-order chi connectivity index (χ0) is 7.49. The van der Waals surface area contributed by atoms with Crippen LogP contribution >= 0.6 is 0 Å². The number of rotatable bonds is 2. The van der Waals surface area contributed by atoms with Crippen molar-refractivity contribution in [1.29, 1.82) is 0 Å². The van der Waals surface area contributed by atoms with Crippen LogP contribution in [0.3, 0.4) is 0 Å². The van der Waals surface area contributed by atoms with Crippen LogP contribution in [0.1, 0.15) is 34.1 Å². The van der Waals surface area contributed by atoms with Crippen LogP contribution in [-0.4, -0.2) is 0 Å². The topological polar surface area (TPSA) is 0 Å². The smallest absolute Gasteiger partial charge is 0.0260 e.